The molecule has 0 radical (unpaired) electrons. The third kappa shape index (κ3) is 3.11. The van der Waals surface area contributed by atoms with Gasteiger partial charge in [-0.2, -0.15) is 39.1 Å². The number of halogens is 6. The third-order valence-corrected chi connectivity index (χ3v) is 7.79. The molecule has 26 heavy (non-hydrogen) atoms. The van der Waals surface area contributed by atoms with E-state index >= 15 is 0 Å². The van der Waals surface area contributed by atoms with Gasteiger partial charge in [-0.3, -0.25) is 4.55 Å². The van der Waals surface area contributed by atoms with Crippen LogP contribution in [0.3, 0.4) is 0 Å². The van der Waals surface area contributed by atoms with Crippen molar-refractivity contribution >= 4 is 20.1 Å². The van der Waals surface area contributed by atoms with Crippen molar-refractivity contribution in [2.45, 2.75) is 48.5 Å². The van der Waals surface area contributed by atoms with Crippen molar-refractivity contribution in [3.63, 3.8) is 0 Å². The first-order valence-electron chi connectivity index (χ1n) is 7.67. The van der Waals surface area contributed by atoms with Gasteiger partial charge in [0.25, 0.3) is 10.0 Å². The first-order chi connectivity index (χ1) is 11.6. The predicted octanol–water partition coefficient (Wildman–Crippen LogP) is 2.54. The van der Waals surface area contributed by atoms with Crippen molar-refractivity contribution in [1.82, 2.24) is 4.31 Å². The van der Waals surface area contributed by atoms with Crippen molar-refractivity contribution in [3.8, 4) is 0 Å². The summed E-state index contributed by atoms with van der Waals surface area (Å²) in [5.41, 5.74) is 0. The number of hydrogen-bond donors (Lipinski definition) is 1. The van der Waals surface area contributed by atoms with Crippen LogP contribution in [0.5, 0.6) is 0 Å². The molecule has 1 saturated carbocycles. The average molecular weight is 433 g/mol. The molecule has 0 aromatic rings. The Morgan fingerprint density at radius 1 is 0.808 bits per heavy atom. The molecule has 2 unspecified atom stereocenters. The molecule has 14 heteroatoms. The molecular formula is C12H17F6NO5S2. The number of rotatable bonds is 5. The largest absolute Gasteiger partial charge is 0.439 e. The number of sulfonamides is 1. The Balaban J connectivity index is 2.37. The molecule has 0 spiro atoms. The highest BCUT2D eigenvalue weighted by Crippen LogP contribution is 2.52. The van der Waals surface area contributed by atoms with Crippen LogP contribution in [0, 0.1) is 11.8 Å². The summed E-state index contributed by atoms with van der Waals surface area (Å²) in [5, 5.41) is -13.1. The SMILES string of the molecule is O=S(=O)(O)C(F)(F)C(F)(F)C(F)(F)S(=O)(=O)N1CCC2CCCCC2C1. The van der Waals surface area contributed by atoms with E-state index in [1.165, 1.54) is 0 Å². The zero-order valence-corrected chi connectivity index (χ0v) is 14.8. The van der Waals surface area contributed by atoms with E-state index in [4.69, 9.17) is 4.55 Å². The van der Waals surface area contributed by atoms with Gasteiger partial charge >= 0.3 is 26.5 Å². The zero-order chi connectivity index (χ0) is 20.2. The molecular weight excluding hydrogens is 416 g/mol. The summed E-state index contributed by atoms with van der Waals surface area (Å²) in [5.74, 6) is -7.21. The number of hydrogen-bond acceptors (Lipinski definition) is 4. The molecule has 1 heterocycles. The minimum Gasteiger partial charge on any atom is -0.281 e. The minimum absolute atomic E-state index is 0.00741. The van der Waals surface area contributed by atoms with E-state index < -0.39 is 49.7 Å². The maximum absolute atomic E-state index is 14.0. The van der Waals surface area contributed by atoms with Gasteiger partial charge in [-0.1, -0.05) is 19.3 Å². The molecule has 1 N–H and O–H groups in total. The summed E-state index contributed by atoms with van der Waals surface area (Å²) in [6, 6.07) is 0. The van der Waals surface area contributed by atoms with Gasteiger partial charge in [-0.25, -0.2) is 8.42 Å². The van der Waals surface area contributed by atoms with E-state index in [1.807, 2.05) is 0 Å². The topological polar surface area (TPSA) is 91.7 Å². The summed E-state index contributed by atoms with van der Waals surface area (Å²) >= 11 is 0. The molecule has 0 bridgehead atoms. The highest BCUT2D eigenvalue weighted by atomic mass is 32.2. The van der Waals surface area contributed by atoms with Crippen LogP contribution in [-0.2, 0) is 20.1 Å². The van der Waals surface area contributed by atoms with E-state index in [0.29, 0.717) is 12.8 Å². The van der Waals surface area contributed by atoms with Crippen molar-refractivity contribution in [3.05, 3.63) is 0 Å². The molecule has 2 rings (SSSR count). The lowest BCUT2D eigenvalue weighted by Crippen LogP contribution is -2.64. The monoisotopic (exact) mass is 433 g/mol. The Labute approximate surface area is 146 Å². The van der Waals surface area contributed by atoms with Crippen molar-refractivity contribution in [1.29, 1.82) is 0 Å². The summed E-state index contributed by atoms with van der Waals surface area (Å²) in [7, 11) is -13.3. The molecule has 2 fully saturated rings. The van der Waals surface area contributed by atoms with Crippen LogP contribution in [0.1, 0.15) is 32.1 Å². The van der Waals surface area contributed by atoms with Gasteiger partial charge in [-0.05, 0) is 24.7 Å². The molecule has 0 amide bonds. The second kappa shape index (κ2) is 6.48. The smallest absolute Gasteiger partial charge is 0.281 e. The first kappa shape index (κ1) is 21.7. The number of fused-ring (bicyclic) bond motifs is 1. The van der Waals surface area contributed by atoms with Gasteiger partial charge in [0, 0.05) is 13.1 Å². The Kier molecular flexibility index (Phi) is 5.41. The maximum Gasteiger partial charge on any atom is 0.439 e. The molecule has 154 valence electrons. The van der Waals surface area contributed by atoms with Crippen LogP contribution in [0.4, 0.5) is 26.3 Å². The number of alkyl halides is 6. The fourth-order valence-corrected chi connectivity index (χ4v) is 5.47. The van der Waals surface area contributed by atoms with Gasteiger partial charge in [-0.15, -0.1) is 0 Å². The molecule has 1 saturated heterocycles. The Morgan fingerprint density at radius 3 is 1.81 bits per heavy atom. The van der Waals surface area contributed by atoms with E-state index in [2.05, 4.69) is 0 Å². The van der Waals surface area contributed by atoms with E-state index in [9.17, 15) is 43.2 Å². The van der Waals surface area contributed by atoms with Gasteiger partial charge < -0.3 is 0 Å². The third-order valence-electron chi connectivity index (χ3n) is 4.97. The number of piperidine rings is 1. The normalized spacial score (nSPS) is 27.2. The predicted molar refractivity (Wildman–Crippen MR) is 76.9 cm³/mol. The van der Waals surface area contributed by atoms with Crippen LogP contribution < -0.4 is 0 Å². The first-order valence-corrected chi connectivity index (χ1v) is 10.6. The maximum atomic E-state index is 14.0. The summed E-state index contributed by atoms with van der Waals surface area (Å²) in [4.78, 5) is 0. The second-order valence-electron chi connectivity index (χ2n) is 6.54. The molecule has 0 aromatic heterocycles. The van der Waals surface area contributed by atoms with Crippen molar-refractivity contribution in [2.75, 3.05) is 13.1 Å². The van der Waals surface area contributed by atoms with E-state index in [-0.39, 0.29) is 22.6 Å². The Bertz CT molecular complexity index is 754. The van der Waals surface area contributed by atoms with E-state index in [1.54, 1.807) is 0 Å². The van der Waals surface area contributed by atoms with Crippen LogP contribution >= 0.6 is 0 Å². The molecule has 2 aliphatic rings. The fraction of sp³-hybridized carbons (Fsp3) is 1.00. The van der Waals surface area contributed by atoms with Crippen molar-refractivity contribution in [2.24, 2.45) is 11.8 Å². The minimum atomic E-state index is -7.00. The van der Waals surface area contributed by atoms with Gasteiger partial charge in [0.05, 0.1) is 0 Å². The summed E-state index contributed by atoms with van der Waals surface area (Å²) in [6.45, 7) is -1.09. The van der Waals surface area contributed by atoms with Gasteiger partial charge in [0.2, 0.25) is 0 Å². The zero-order valence-electron chi connectivity index (χ0n) is 13.2. The average Bonchev–Trinajstić information content (AvgIpc) is 2.52. The second-order valence-corrected chi connectivity index (χ2v) is 9.98. The highest BCUT2D eigenvalue weighted by Gasteiger charge is 2.82. The van der Waals surface area contributed by atoms with Crippen LogP contribution in [0.2, 0.25) is 0 Å². The van der Waals surface area contributed by atoms with Gasteiger partial charge in [0.1, 0.15) is 0 Å². The van der Waals surface area contributed by atoms with Crippen LogP contribution in [-0.4, -0.2) is 55.2 Å². The Morgan fingerprint density at radius 2 is 1.31 bits per heavy atom. The van der Waals surface area contributed by atoms with Crippen LogP contribution in [0.15, 0.2) is 0 Å². The van der Waals surface area contributed by atoms with Crippen LogP contribution in [0.25, 0.3) is 0 Å². The molecule has 0 aromatic carbocycles. The lowest BCUT2D eigenvalue weighted by Gasteiger charge is -2.42. The highest BCUT2D eigenvalue weighted by molar-refractivity contribution is 7.90. The lowest BCUT2D eigenvalue weighted by molar-refractivity contribution is -0.247. The molecule has 1 aliphatic carbocycles. The van der Waals surface area contributed by atoms with E-state index in [0.717, 1.165) is 12.8 Å². The van der Waals surface area contributed by atoms with Crippen molar-refractivity contribution < 1.29 is 47.7 Å². The number of nitrogens with zero attached hydrogens (tertiary/aromatic N) is 1. The Hall–Kier alpha value is -0.600. The quantitative estimate of drug-likeness (QED) is 0.532. The fourth-order valence-electron chi connectivity index (χ4n) is 3.44. The van der Waals surface area contributed by atoms with Gasteiger partial charge in [0.15, 0.2) is 0 Å². The summed E-state index contributed by atoms with van der Waals surface area (Å²) in [6.07, 6.45) is 2.89. The standard InChI is InChI=1S/C12H17F6NO5S2/c13-10(14,12(17,18)26(22,23)24)11(15,16)25(20,21)19-6-5-8-3-1-2-4-9(8)7-19/h8-9H,1-7H2,(H,22,23,24). The molecule has 2 atom stereocenters. The lowest BCUT2D eigenvalue weighted by atomic mass is 9.76. The molecule has 6 nitrogen and oxygen atoms in total. The molecule has 1 aliphatic heterocycles. The summed E-state index contributed by atoms with van der Waals surface area (Å²) < 4.78 is 135.